The van der Waals surface area contributed by atoms with Crippen molar-refractivity contribution >= 4 is 17.2 Å². The van der Waals surface area contributed by atoms with E-state index in [9.17, 15) is 13.6 Å². The fourth-order valence-electron chi connectivity index (χ4n) is 4.79. The maximum Gasteiger partial charge on any atom is 0.273 e. The Morgan fingerprint density at radius 2 is 2.15 bits per heavy atom. The van der Waals surface area contributed by atoms with E-state index in [1.165, 1.54) is 11.3 Å². The number of thiazole rings is 1. The fourth-order valence-corrected chi connectivity index (χ4v) is 5.71. The van der Waals surface area contributed by atoms with Crippen molar-refractivity contribution in [3.8, 4) is 11.3 Å². The molecule has 2 aliphatic rings. The second-order valence-electron chi connectivity index (χ2n) is 9.14. The molecule has 0 radical (unpaired) electrons. The summed E-state index contributed by atoms with van der Waals surface area (Å²) in [6.07, 6.45) is 4.04. The number of alkyl halides is 2. The van der Waals surface area contributed by atoms with Crippen LogP contribution in [0.25, 0.3) is 0 Å². The van der Waals surface area contributed by atoms with E-state index in [2.05, 4.69) is 21.3 Å². The van der Waals surface area contributed by atoms with Crippen LogP contribution in [0, 0.1) is 17.2 Å². The molecule has 182 valence electrons. The number of hydrogen-bond donors (Lipinski definition) is 1. The lowest BCUT2D eigenvalue weighted by Gasteiger charge is -2.32. The Bertz CT molecular complexity index is 1010. The van der Waals surface area contributed by atoms with Crippen LogP contribution in [0.15, 0.2) is 24.3 Å². The second-order valence-corrected chi connectivity index (χ2v) is 10.2. The quantitative estimate of drug-likeness (QED) is 0.569. The van der Waals surface area contributed by atoms with Crippen LogP contribution in [-0.4, -0.2) is 48.0 Å². The summed E-state index contributed by atoms with van der Waals surface area (Å²) in [6, 6.07) is 9.53. The van der Waals surface area contributed by atoms with Crippen LogP contribution >= 0.6 is 11.3 Å². The van der Waals surface area contributed by atoms with Crippen LogP contribution < -0.4 is 10.1 Å². The van der Waals surface area contributed by atoms with Gasteiger partial charge in [0.25, 0.3) is 11.6 Å². The highest BCUT2D eigenvalue weighted by Gasteiger charge is 2.25. The number of ether oxygens (including phenoxy) is 1. The molecule has 1 aliphatic carbocycles. The smallest absolute Gasteiger partial charge is 0.273 e. The second kappa shape index (κ2) is 11.7. The Kier molecular flexibility index (Phi) is 8.46. The van der Waals surface area contributed by atoms with Crippen LogP contribution in [0.3, 0.4) is 0 Å². The summed E-state index contributed by atoms with van der Waals surface area (Å²) >= 11 is 1.39. The van der Waals surface area contributed by atoms with Gasteiger partial charge >= 0.3 is 0 Å². The third-order valence-electron chi connectivity index (χ3n) is 6.61. The van der Waals surface area contributed by atoms with Gasteiger partial charge in [0.05, 0.1) is 23.7 Å². The highest BCUT2D eigenvalue weighted by Crippen LogP contribution is 2.31. The van der Waals surface area contributed by atoms with E-state index < -0.39 is 13.0 Å². The highest BCUT2D eigenvalue weighted by molar-refractivity contribution is 7.13. The van der Waals surface area contributed by atoms with E-state index in [1.54, 1.807) is 12.1 Å². The molecule has 34 heavy (non-hydrogen) atoms. The Morgan fingerprint density at radius 3 is 2.91 bits per heavy atom. The lowest BCUT2D eigenvalue weighted by atomic mass is 9.84. The van der Waals surface area contributed by atoms with Crippen molar-refractivity contribution in [2.24, 2.45) is 5.92 Å². The van der Waals surface area contributed by atoms with E-state index in [0.29, 0.717) is 23.1 Å². The number of benzene rings is 1. The molecule has 1 aromatic heterocycles. The molecule has 0 saturated heterocycles. The Hall–Kier alpha value is -2.57. The molecular formula is C25H30F2N4O2S. The zero-order chi connectivity index (χ0) is 23.9. The van der Waals surface area contributed by atoms with Crippen molar-refractivity contribution < 1.29 is 18.3 Å². The van der Waals surface area contributed by atoms with Crippen molar-refractivity contribution in [1.29, 1.82) is 5.26 Å². The Balaban J connectivity index is 1.15. The van der Waals surface area contributed by atoms with Gasteiger partial charge in [0, 0.05) is 24.0 Å². The number of amides is 1. The SMILES string of the molecule is N#Cc1cccc(CC(=O)NC2CCC(CCN3CCc4sc(OCC(F)F)nc4C3)CC2)c1. The minimum absolute atomic E-state index is 0.0165. The topological polar surface area (TPSA) is 78.2 Å². The van der Waals surface area contributed by atoms with Gasteiger partial charge in [-0.3, -0.25) is 9.69 Å². The molecule has 6 nitrogen and oxygen atoms in total. The zero-order valence-electron chi connectivity index (χ0n) is 19.1. The number of carbonyl (C=O) groups is 1. The van der Waals surface area contributed by atoms with E-state index in [-0.39, 0.29) is 11.9 Å². The number of nitrogens with zero attached hydrogens (tertiary/aromatic N) is 3. The average Bonchev–Trinajstić information content (AvgIpc) is 3.24. The fraction of sp³-hybridized carbons (Fsp3) is 0.560. The van der Waals surface area contributed by atoms with Crippen LogP contribution in [0.4, 0.5) is 8.78 Å². The van der Waals surface area contributed by atoms with Gasteiger partial charge in [0.1, 0.15) is 0 Å². The standard InChI is InChI=1S/C25H30F2N4O2S/c26-23(27)16-33-25-30-21-15-31(11-9-22(21)34-25)10-8-17-4-6-20(7-5-17)29-24(32)13-18-2-1-3-19(12-18)14-28/h1-3,12,17,20,23H,4-11,13,15-16H2,(H,29,32). The van der Waals surface area contributed by atoms with Crippen LogP contribution in [-0.2, 0) is 24.2 Å². The summed E-state index contributed by atoms with van der Waals surface area (Å²) in [5.74, 6) is 0.671. The largest absolute Gasteiger partial charge is 0.464 e. The van der Waals surface area contributed by atoms with Gasteiger partial charge < -0.3 is 10.1 Å². The molecule has 1 amide bonds. The number of nitrogens with one attached hydrogen (secondary N) is 1. The van der Waals surface area contributed by atoms with Crippen molar-refractivity contribution in [3.63, 3.8) is 0 Å². The van der Waals surface area contributed by atoms with Crippen molar-refractivity contribution in [2.45, 2.75) is 64.0 Å². The van der Waals surface area contributed by atoms with Gasteiger partial charge in [-0.15, -0.1) is 0 Å². The third kappa shape index (κ3) is 6.97. The third-order valence-corrected chi connectivity index (χ3v) is 7.68. The molecule has 1 saturated carbocycles. The first-order valence-electron chi connectivity index (χ1n) is 11.9. The maximum absolute atomic E-state index is 12.4. The van der Waals surface area contributed by atoms with Gasteiger partial charge in [0.15, 0.2) is 6.61 Å². The highest BCUT2D eigenvalue weighted by atomic mass is 32.1. The van der Waals surface area contributed by atoms with E-state index in [0.717, 1.165) is 74.3 Å². The molecule has 0 bridgehead atoms. The summed E-state index contributed by atoms with van der Waals surface area (Å²) < 4.78 is 29.8. The molecule has 0 unspecified atom stereocenters. The van der Waals surface area contributed by atoms with Crippen molar-refractivity contribution in [3.05, 3.63) is 46.0 Å². The molecule has 0 spiro atoms. The summed E-state index contributed by atoms with van der Waals surface area (Å²) in [7, 11) is 0. The van der Waals surface area contributed by atoms with Crippen molar-refractivity contribution in [2.75, 3.05) is 19.7 Å². The molecule has 1 aromatic carbocycles. The van der Waals surface area contributed by atoms with Crippen LogP contribution in [0.1, 0.15) is 53.8 Å². The summed E-state index contributed by atoms with van der Waals surface area (Å²) in [6.45, 7) is 2.11. The molecular weight excluding hydrogens is 458 g/mol. The first kappa shape index (κ1) is 24.6. The minimum atomic E-state index is -2.48. The molecule has 1 fully saturated rings. The molecule has 0 atom stereocenters. The summed E-state index contributed by atoms with van der Waals surface area (Å²) in [5.41, 5.74) is 2.40. The van der Waals surface area contributed by atoms with Gasteiger partial charge in [-0.1, -0.05) is 23.5 Å². The molecule has 4 rings (SSSR count). The first-order chi connectivity index (χ1) is 16.5. The zero-order valence-corrected chi connectivity index (χ0v) is 20.0. The molecule has 2 heterocycles. The van der Waals surface area contributed by atoms with Gasteiger partial charge in [-0.25, -0.2) is 13.8 Å². The predicted molar refractivity (Wildman–Crippen MR) is 126 cm³/mol. The predicted octanol–water partition coefficient (Wildman–Crippen LogP) is 4.32. The molecule has 1 N–H and O–H groups in total. The normalized spacial score (nSPS) is 20.5. The monoisotopic (exact) mass is 488 g/mol. The van der Waals surface area contributed by atoms with Gasteiger partial charge in [-0.2, -0.15) is 5.26 Å². The molecule has 9 heteroatoms. The molecule has 2 aromatic rings. The van der Waals surface area contributed by atoms with E-state index in [4.69, 9.17) is 10.00 Å². The number of hydrogen-bond acceptors (Lipinski definition) is 6. The number of carbonyl (C=O) groups excluding carboxylic acids is 1. The minimum Gasteiger partial charge on any atom is -0.464 e. The number of aromatic nitrogens is 1. The van der Waals surface area contributed by atoms with Gasteiger partial charge in [0.2, 0.25) is 5.91 Å². The maximum atomic E-state index is 12.4. The summed E-state index contributed by atoms with van der Waals surface area (Å²) in [5, 5.41) is 12.5. The lowest BCUT2D eigenvalue weighted by Crippen LogP contribution is -2.39. The van der Waals surface area contributed by atoms with Crippen molar-refractivity contribution in [1.82, 2.24) is 15.2 Å². The van der Waals surface area contributed by atoms with Crippen LogP contribution in [0.5, 0.6) is 5.19 Å². The van der Waals surface area contributed by atoms with E-state index >= 15 is 0 Å². The van der Waals surface area contributed by atoms with Crippen LogP contribution in [0.2, 0.25) is 0 Å². The lowest BCUT2D eigenvalue weighted by molar-refractivity contribution is -0.121. The number of halogens is 2. The number of nitriles is 1. The summed E-state index contributed by atoms with van der Waals surface area (Å²) in [4.78, 5) is 20.4. The Morgan fingerprint density at radius 1 is 1.32 bits per heavy atom. The number of fused-ring (bicyclic) bond motifs is 1. The average molecular weight is 489 g/mol. The molecule has 1 aliphatic heterocycles. The Labute approximate surface area is 202 Å². The van der Waals surface area contributed by atoms with Gasteiger partial charge in [-0.05, 0) is 68.7 Å². The van der Waals surface area contributed by atoms with E-state index in [1.807, 2.05) is 12.1 Å². The number of rotatable bonds is 9. The first-order valence-corrected chi connectivity index (χ1v) is 12.7.